The molecule has 2 aliphatic heterocycles. The first-order valence-electron chi connectivity index (χ1n) is 6.83. The molecule has 1 aromatic carbocycles. The lowest BCUT2D eigenvalue weighted by atomic mass is 9.96. The Labute approximate surface area is 130 Å². The van der Waals surface area contributed by atoms with Crippen molar-refractivity contribution in [1.29, 1.82) is 0 Å². The Bertz CT molecular complexity index is 781. The van der Waals surface area contributed by atoms with Gasteiger partial charge < -0.3 is 16.0 Å². The molecule has 2 aromatic rings. The summed E-state index contributed by atoms with van der Waals surface area (Å²) in [5.74, 6) is -0.233. The number of carbonyl (C=O) groups excluding carboxylic acids is 1. The SMILES string of the molecule is NC1=NC2(CN(C(=O)c3cccs3)C2)Nc2cccc(F)c21. The number of hydrogen-bond acceptors (Lipinski definition) is 5. The van der Waals surface area contributed by atoms with Gasteiger partial charge in [-0.05, 0) is 23.6 Å². The highest BCUT2D eigenvalue weighted by Crippen LogP contribution is 2.35. The molecular formula is C15H13FN4OS. The van der Waals surface area contributed by atoms with E-state index in [1.165, 1.54) is 17.4 Å². The van der Waals surface area contributed by atoms with Crippen LogP contribution < -0.4 is 11.1 Å². The normalized spacial score (nSPS) is 18.2. The van der Waals surface area contributed by atoms with Crippen molar-refractivity contribution < 1.29 is 9.18 Å². The summed E-state index contributed by atoms with van der Waals surface area (Å²) >= 11 is 1.41. The van der Waals surface area contributed by atoms with Crippen LogP contribution in [0, 0.1) is 5.82 Å². The number of amides is 1. The number of nitrogens with two attached hydrogens (primary N) is 1. The van der Waals surface area contributed by atoms with Crippen LogP contribution in [0.3, 0.4) is 0 Å². The van der Waals surface area contributed by atoms with Gasteiger partial charge >= 0.3 is 0 Å². The Morgan fingerprint density at radius 3 is 2.91 bits per heavy atom. The van der Waals surface area contributed by atoms with Crippen molar-refractivity contribution >= 4 is 28.8 Å². The molecule has 0 saturated carbocycles. The first-order chi connectivity index (χ1) is 10.6. The fourth-order valence-electron chi connectivity index (χ4n) is 2.89. The minimum Gasteiger partial charge on any atom is -0.383 e. The second kappa shape index (κ2) is 4.54. The van der Waals surface area contributed by atoms with Gasteiger partial charge in [0.2, 0.25) is 0 Å². The third kappa shape index (κ3) is 1.89. The standard InChI is InChI=1S/C15H13FN4OS/c16-9-3-1-4-10-12(9)13(17)19-15(18-10)7-20(8-15)14(21)11-5-2-6-22-11/h1-6,18H,7-8H2,(H2,17,19). The average Bonchev–Trinajstić information content (AvgIpc) is 2.97. The van der Waals surface area contributed by atoms with E-state index in [4.69, 9.17) is 5.73 Å². The summed E-state index contributed by atoms with van der Waals surface area (Å²) in [4.78, 5) is 19.1. The Morgan fingerprint density at radius 2 is 2.18 bits per heavy atom. The monoisotopic (exact) mass is 316 g/mol. The fourth-order valence-corrected chi connectivity index (χ4v) is 3.58. The Hall–Kier alpha value is -2.41. The molecule has 5 nitrogen and oxygen atoms in total. The molecule has 0 atom stereocenters. The van der Waals surface area contributed by atoms with Crippen molar-refractivity contribution in [3.05, 3.63) is 52.0 Å². The zero-order valence-electron chi connectivity index (χ0n) is 11.5. The molecular weight excluding hydrogens is 303 g/mol. The summed E-state index contributed by atoms with van der Waals surface area (Å²) in [5.41, 5.74) is 6.20. The van der Waals surface area contributed by atoms with Crippen LogP contribution in [-0.2, 0) is 0 Å². The molecule has 3 N–H and O–H groups in total. The quantitative estimate of drug-likeness (QED) is 0.844. The Kier molecular flexibility index (Phi) is 2.74. The molecule has 1 amide bonds. The Morgan fingerprint density at radius 1 is 1.36 bits per heavy atom. The van der Waals surface area contributed by atoms with Gasteiger partial charge in [-0.25, -0.2) is 9.38 Å². The number of hydrogen-bond donors (Lipinski definition) is 2. The van der Waals surface area contributed by atoms with Crippen molar-refractivity contribution in [3.8, 4) is 0 Å². The number of benzene rings is 1. The average molecular weight is 316 g/mol. The zero-order valence-corrected chi connectivity index (χ0v) is 12.4. The number of anilines is 1. The number of fused-ring (bicyclic) bond motifs is 1. The van der Waals surface area contributed by atoms with Crippen LogP contribution >= 0.6 is 11.3 Å². The topological polar surface area (TPSA) is 70.7 Å². The molecule has 7 heteroatoms. The summed E-state index contributed by atoms with van der Waals surface area (Å²) in [6.45, 7) is 0.834. The first kappa shape index (κ1) is 13.3. The maximum absolute atomic E-state index is 13.8. The van der Waals surface area contributed by atoms with E-state index in [-0.39, 0.29) is 11.7 Å². The van der Waals surface area contributed by atoms with E-state index in [0.717, 1.165) is 0 Å². The summed E-state index contributed by atoms with van der Waals surface area (Å²) in [5, 5.41) is 5.09. The number of halogens is 1. The van der Waals surface area contributed by atoms with E-state index in [2.05, 4.69) is 10.3 Å². The van der Waals surface area contributed by atoms with E-state index < -0.39 is 11.5 Å². The molecule has 2 aliphatic rings. The van der Waals surface area contributed by atoms with E-state index >= 15 is 0 Å². The summed E-state index contributed by atoms with van der Waals surface area (Å²) in [6, 6.07) is 8.40. The predicted octanol–water partition coefficient (Wildman–Crippen LogP) is 1.87. The van der Waals surface area contributed by atoms with Crippen LogP contribution in [0.4, 0.5) is 10.1 Å². The molecule has 1 aromatic heterocycles. The van der Waals surface area contributed by atoms with E-state index in [0.29, 0.717) is 29.2 Å². The maximum atomic E-state index is 13.8. The van der Waals surface area contributed by atoms with E-state index in [9.17, 15) is 9.18 Å². The molecule has 3 heterocycles. The van der Waals surface area contributed by atoms with Crippen molar-refractivity contribution in [1.82, 2.24) is 4.90 Å². The van der Waals surface area contributed by atoms with E-state index in [1.54, 1.807) is 23.1 Å². The molecule has 112 valence electrons. The lowest BCUT2D eigenvalue weighted by molar-refractivity contribution is 0.0480. The maximum Gasteiger partial charge on any atom is 0.264 e. The molecule has 0 unspecified atom stereocenters. The predicted molar refractivity (Wildman–Crippen MR) is 83.7 cm³/mol. The van der Waals surface area contributed by atoms with Gasteiger partial charge in [0.25, 0.3) is 5.91 Å². The fraction of sp³-hybridized carbons (Fsp3) is 0.200. The molecule has 22 heavy (non-hydrogen) atoms. The number of nitrogens with one attached hydrogen (secondary N) is 1. The summed E-state index contributed by atoms with van der Waals surface area (Å²) < 4.78 is 13.8. The number of thiophene rings is 1. The second-order valence-electron chi connectivity index (χ2n) is 5.45. The Balaban J connectivity index is 1.57. The minimum absolute atomic E-state index is 0.0127. The van der Waals surface area contributed by atoms with Gasteiger partial charge in [-0.2, -0.15) is 0 Å². The number of nitrogens with zero attached hydrogens (tertiary/aromatic N) is 2. The number of amidine groups is 1. The summed E-state index contributed by atoms with van der Waals surface area (Å²) in [7, 11) is 0. The summed E-state index contributed by atoms with van der Waals surface area (Å²) in [6.07, 6.45) is 0. The van der Waals surface area contributed by atoms with Crippen molar-refractivity contribution in [2.45, 2.75) is 5.66 Å². The molecule has 1 fully saturated rings. The van der Waals surface area contributed by atoms with E-state index in [1.807, 2.05) is 11.4 Å². The van der Waals surface area contributed by atoms with Gasteiger partial charge in [0.05, 0.1) is 23.5 Å². The second-order valence-corrected chi connectivity index (χ2v) is 6.40. The minimum atomic E-state index is -0.641. The highest BCUT2D eigenvalue weighted by atomic mass is 32.1. The molecule has 0 aliphatic carbocycles. The lowest BCUT2D eigenvalue weighted by Gasteiger charge is -2.49. The molecule has 1 spiro atoms. The third-order valence-electron chi connectivity index (χ3n) is 3.90. The van der Waals surface area contributed by atoms with Gasteiger partial charge in [-0.3, -0.25) is 4.79 Å². The number of aliphatic imine (C=N–C) groups is 1. The molecule has 0 bridgehead atoms. The van der Waals surface area contributed by atoms with Crippen LogP contribution in [0.1, 0.15) is 15.2 Å². The number of likely N-dealkylation sites (tertiary alicyclic amines) is 1. The highest BCUT2D eigenvalue weighted by molar-refractivity contribution is 7.12. The number of rotatable bonds is 1. The largest absolute Gasteiger partial charge is 0.383 e. The van der Waals surface area contributed by atoms with Crippen LogP contribution in [0.25, 0.3) is 0 Å². The van der Waals surface area contributed by atoms with Crippen LogP contribution in [0.5, 0.6) is 0 Å². The lowest BCUT2D eigenvalue weighted by Crippen LogP contribution is -2.67. The first-order valence-corrected chi connectivity index (χ1v) is 7.71. The van der Waals surface area contributed by atoms with Gasteiger partial charge in [-0.15, -0.1) is 11.3 Å². The van der Waals surface area contributed by atoms with Crippen LogP contribution in [-0.4, -0.2) is 35.4 Å². The van der Waals surface area contributed by atoms with Gasteiger partial charge in [-0.1, -0.05) is 12.1 Å². The van der Waals surface area contributed by atoms with Crippen LogP contribution in [0.2, 0.25) is 0 Å². The van der Waals surface area contributed by atoms with Crippen molar-refractivity contribution in [3.63, 3.8) is 0 Å². The molecule has 1 saturated heterocycles. The smallest absolute Gasteiger partial charge is 0.264 e. The van der Waals surface area contributed by atoms with Crippen LogP contribution in [0.15, 0.2) is 40.7 Å². The van der Waals surface area contributed by atoms with Crippen molar-refractivity contribution in [2.75, 3.05) is 18.4 Å². The van der Waals surface area contributed by atoms with Crippen molar-refractivity contribution in [2.24, 2.45) is 10.7 Å². The van der Waals surface area contributed by atoms with Gasteiger partial charge in [0, 0.05) is 5.69 Å². The highest BCUT2D eigenvalue weighted by Gasteiger charge is 2.48. The third-order valence-corrected chi connectivity index (χ3v) is 4.75. The van der Waals surface area contributed by atoms with Gasteiger partial charge in [0.15, 0.2) is 5.66 Å². The number of carbonyl (C=O) groups is 1. The van der Waals surface area contributed by atoms with Gasteiger partial charge in [0.1, 0.15) is 11.7 Å². The zero-order chi connectivity index (χ0) is 15.3. The molecule has 4 rings (SSSR count). The molecule has 0 radical (unpaired) electrons.